The van der Waals surface area contributed by atoms with Gasteiger partial charge in [-0.2, -0.15) is 5.10 Å². The smallest absolute Gasteiger partial charge is 0.0695 e. The maximum absolute atomic E-state index is 9.50. The molecule has 0 radical (unpaired) electrons. The SMILES string of the molecule is CC(C)CCN1CCN(Cc2cn[nH]c2-c2ccc(Cl)cc2)CC1CCO. The van der Waals surface area contributed by atoms with E-state index in [4.69, 9.17) is 11.6 Å². The van der Waals surface area contributed by atoms with Crippen molar-refractivity contribution >= 4 is 11.6 Å². The molecule has 3 rings (SSSR count). The van der Waals surface area contributed by atoms with Gasteiger partial charge in [0, 0.05) is 49.4 Å². The third-order valence-corrected chi connectivity index (χ3v) is 5.64. The van der Waals surface area contributed by atoms with Crippen LogP contribution in [0.1, 0.15) is 32.3 Å². The lowest BCUT2D eigenvalue weighted by molar-refractivity contribution is 0.0525. The summed E-state index contributed by atoms with van der Waals surface area (Å²) in [7, 11) is 0. The van der Waals surface area contributed by atoms with E-state index in [0.29, 0.717) is 12.0 Å². The Morgan fingerprint density at radius 2 is 2.04 bits per heavy atom. The molecule has 6 heteroatoms. The lowest BCUT2D eigenvalue weighted by Crippen LogP contribution is -2.53. The number of aromatic amines is 1. The molecule has 1 unspecified atom stereocenters. The van der Waals surface area contributed by atoms with E-state index in [1.54, 1.807) is 0 Å². The average molecular weight is 391 g/mol. The first kappa shape index (κ1) is 20.3. The van der Waals surface area contributed by atoms with Gasteiger partial charge in [-0.05, 0) is 43.0 Å². The van der Waals surface area contributed by atoms with Crippen LogP contribution >= 0.6 is 11.6 Å². The summed E-state index contributed by atoms with van der Waals surface area (Å²) in [6.45, 7) is 9.88. The molecule has 1 aromatic carbocycles. The molecule has 0 bridgehead atoms. The van der Waals surface area contributed by atoms with Crippen molar-refractivity contribution in [3.05, 3.63) is 41.0 Å². The molecule has 1 aliphatic heterocycles. The minimum atomic E-state index is 0.248. The maximum atomic E-state index is 9.50. The van der Waals surface area contributed by atoms with Crippen molar-refractivity contribution in [3.63, 3.8) is 0 Å². The highest BCUT2D eigenvalue weighted by atomic mass is 35.5. The number of rotatable bonds is 8. The van der Waals surface area contributed by atoms with Gasteiger partial charge < -0.3 is 5.11 Å². The summed E-state index contributed by atoms with van der Waals surface area (Å²) >= 11 is 6.01. The summed E-state index contributed by atoms with van der Waals surface area (Å²) in [6.07, 6.45) is 3.98. The molecule has 148 valence electrons. The predicted octanol–water partition coefficient (Wildman–Crippen LogP) is 3.64. The molecule has 0 saturated carbocycles. The molecule has 1 aliphatic rings. The molecule has 1 fully saturated rings. The number of hydrogen-bond donors (Lipinski definition) is 2. The number of halogens is 1. The lowest BCUT2D eigenvalue weighted by atomic mass is 10.0. The van der Waals surface area contributed by atoms with E-state index in [9.17, 15) is 5.11 Å². The van der Waals surface area contributed by atoms with Gasteiger partial charge in [0.1, 0.15) is 0 Å². The summed E-state index contributed by atoms with van der Waals surface area (Å²) in [4.78, 5) is 5.04. The van der Waals surface area contributed by atoms with Gasteiger partial charge in [-0.3, -0.25) is 14.9 Å². The van der Waals surface area contributed by atoms with E-state index in [1.165, 1.54) is 12.0 Å². The Hall–Kier alpha value is -1.40. The highest BCUT2D eigenvalue weighted by Gasteiger charge is 2.27. The number of nitrogens with one attached hydrogen (secondary N) is 1. The lowest BCUT2D eigenvalue weighted by Gasteiger charge is -2.41. The standard InChI is InChI=1S/C21H31ClN4O/c1-16(2)7-9-26-11-10-25(15-20(26)8-12-27)14-18-13-23-24-21(18)17-3-5-19(22)6-4-17/h3-6,13,16,20,27H,7-12,14-15H2,1-2H3,(H,23,24). The van der Waals surface area contributed by atoms with Crippen LogP contribution in [0.3, 0.4) is 0 Å². The fourth-order valence-corrected chi connectivity index (χ4v) is 3.91. The molecule has 2 N–H and O–H groups in total. The summed E-state index contributed by atoms with van der Waals surface area (Å²) in [6, 6.07) is 8.29. The Balaban J connectivity index is 1.65. The second kappa shape index (κ2) is 9.69. The van der Waals surface area contributed by atoms with Gasteiger partial charge in [0.05, 0.1) is 11.9 Å². The van der Waals surface area contributed by atoms with Crippen LogP contribution in [0.5, 0.6) is 0 Å². The van der Waals surface area contributed by atoms with Gasteiger partial charge in [-0.1, -0.05) is 37.6 Å². The highest BCUT2D eigenvalue weighted by Crippen LogP contribution is 2.25. The van der Waals surface area contributed by atoms with Crippen molar-refractivity contribution < 1.29 is 5.11 Å². The van der Waals surface area contributed by atoms with Crippen LogP contribution in [0.4, 0.5) is 0 Å². The molecule has 0 spiro atoms. The first-order valence-corrected chi connectivity index (χ1v) is 10.3. The largest absolute Gasteiger partial charge is 0.396 e. The molecule has 0 aliphatic carbocycles. The van der Waals surface area contributed by atoms with E-state index < -0.39 is 0 Å². The molecule has 5 nitrogen and oxygen atoms in total. The quantitative estimate of drug-likeness (QED) is 0.722. The van der Waals surface area contributed by atoms with E-state index >= 15 is 0 Å². The molecule has 2 heterocycles. The van der Waals surface area contributed by atoms with Gasteiger partial charge in [0.15, 0.2) is 0 Å². The molecule has 0 amide bonds. The first-order chi connectivity index (χ1) is 13.1. The zero-order chi connectivity index (χ0) is 19.2. The zero-order valence-electron chi connectivity index (χ0n) is 16.4. The average Bonchev–Trinajstić information content (AvgIpc) is 3.10. The summed E-state index contributed by atoms with van der Waals surface area (Å²) in [5, 5.41) is 17.7. The maximum Gasteiger partial charge on any atom is 0.0695 e. The van der Waals surface area contributed by atoms with Crippen LogP contribution in [-0.2, 0) is 6.54 Å². The fraction of sp³-hybridized carbons (Fsp3) is 0.571. The highest BCUT2D eigenvalue weighted by molar-refractivity contribution is 6.30. The van der Waals surface area contributed by atoms with E-state index in [2.05, 4.69) is 33.8 Å². The van der Waals surface area contributed by atoms with Crippen LogP contribution in [0.15, 0.2) is 30.5 Å². The summed E-state index contributed by atoms with van der Waals surface area (Å²) in [5.74, 6) is 0.714. The molecule has 1 atom stereocenters. The minimum Gasteiger partial charge on any atom is -0.396 e. The summed E-state index contributed by atoms with van der Waals surface area (Å²) < 4.78 is 0. The van der Waals surface area contributed by atoms with E-state index in [-0.39, 0.29) is 6.61 Å². The van der Waals surface area contributed by atoms with Crippen molar-refractivity contribution in [1.29, 1.82) is 0 Å². The Morgan fingerprint density at radius 1 is 1.26 bits per heavy atom. The molecule has 1 saturated heterocycles. The number of aliphatic hydroxyl groups is 1. The number of aromatic nitrogens is 2. The topological polar surface area (TPSA) is 55.4 Å². The van der Waals surface area contributed by atoms with Crippen molar-refractivity contribution in [3.8, 4) is 11.3 Å². The van der Waals surface area contributed by atoms with E-state index in [1.807, 2.05) is 30.5 Å². The van der Waals surface area contributed by atoms with Gasteiger partial charge >= 0.3 is 0 Å². The van der Waals surface area contributed by atoms with Crippen molar-refractivity contribution in [2.45, 2.75) is 39.3 Å². The molecule has 27 heavy (non-hydrogen) atoms. The number of hydrogen-bond acceptors (Lipinski definition) is 4. The molecular weight excluding hydrogens is 360 g/mol. The number of benzene rings is 1. The Kier molecular flexibility index (Phi) is 7.30. The summed E-state index contributed by atoms with van der Waals surface area (Å²) in [5.41, 5.74) is 3.37. The van der Waals surface area contributed by atoms with Crippen LogP contribution in [0.25, 0.3) is 11.3 Å². The first-order valence-electron chi connectivity index (χ1n) is 9.92. The third-order valence-electron chi connectivity index (χ3n) is 5.39. The second-order valence-electron chi connectivity index (χ2n) is 7.90. The fourth-order valence-electron chi connectivity index (χ4n) is 3.78. The van der Waals surface area contributed by atoms with Crippen LogP contribution in [-0.4, -0.2) is 63.9 Å². The number of aliphatic hydroxyl groups excluding tert-OH is 1. The van der Waals surface area contributed by atoms with Crippen molar-refractivity contribution in [2.75, 3.05) is 32.8 Å². The van der Waals surface area contributed by atoms with Crippen molar-refractivity contribution in [1.82, 2.24) is 20.0 Å². The number of H-pyrrole nitrogens is 1. The predicted molar refractivity (Wildman–Crippen MR) is 111 cm³/mol. The van der Waals surface area contributed by atoms with Crippen LogP contribution in [0, 0.1) is 5.92 Å². The molecule has 2 aromatic rings. The molecule has 1 aromatic heterocycles. The normalized spacial score (nSPS) is 19.1. The van der Waals surface area contributed by atoms with E-state index in [0.717, 1.165) is 55.4 Å². The Labute approximate surface area is 167 Å². The minimum absolute atomic E-state index is 0.248. The Bertz CT molecular complexity index is 700. The Morgan fingerprint density at radius 3 is 2.74 bits per heavy atom. The van der Waals surface area contributed by atoms with Crippen molar-refractivity contribution in [2.24, 2.45) is 5.92 Å². The number of piperazine rings is 1. The molecular formula is C21H31ClN4O. The number of nitrogens with zero attached hydrogens (tertiary/aromatic N) is 3. The van der Waals surface area contributed by atoms with Gasteiger partial charge in [-0.25, -0.2) is 0 Å². The monoisotopic (exact) mass is 390 g/mol. The zero-order valence-corrected chi connectivity index (χ0v) is 17.1. The van der Waals surface area contributed by atoms with Crippen LogP contribution in [0.2, 0.25) is 5.02 Å². The van der Waals surface area contributed by atoms with Gasteiger partial charge in [0.2, 0.25) is 0 Å². The second-order valence-corrected chi connectivity index (χ2v) is 8.33. The van der Waals surface area contributed by atoms with Crippen LogP contribution < -0.4 is 0 Å². The van der Waals surface area contributed by atoms with Gasteiger partial charge in [-0.15, -0.1) is 0 Å². The third kappa shape index (κ3) is 5.55. The van der Waals surface area contributed by atoms with Gasteiger partial charge in [0.25, 0.3) is 0 Å².